The Hall–Kier alpha value is -2.75. The van der Waals surface area contributed by atoms with Crippen molar-refractivity contribution in [3.63, 3.8) is 0 Å². The van der Waals surface area contributed by atoms with Crippen LogP contribution in [0.25, 0.3) is 22.3 Å². The Bertz CT molecular complexity index is 816. The second-order valence-corrected chi connectivity index (χ2v) is 4.56. The third kappa shape index (κ3) is 1.58. The monoisotopic (exact) mass is 266 g/mol. The number of fused-ring (bicyclic) bond motifs is 2. The van der Waals surface area contributed by atoms with Crippen LogP contribution in [0.1, 0.15) is 10.4 Å². The molecule has 0 atom stereocenters. The predicted octanol–water partition coefficient (Wildman–Crippen LogP) is 3.64. The van der Waals surface area contributed by atoms with E-state index >= 15 is 0 Å². The van der Waals surface area contributed by atoms with Crippen molar-refractivity contribution in [2.24, 2.45) is 0 Å². The highest BCUT2D eigenvalue weighted by molar-refractivity contribution is 5.96. The van der Waals surface area contributed by atoms with E-state index in [4.69, 9.17) is 13.9 Å². The van der Waals surface area contributed by atoms with Crippen LogP contribution in [-0.4, -0.2) is 13.1 Å². The number of furan rings is 1. The topological polar surface area (TPSA) is 48.7 Å². The summed E-state index contributed by atoms with van der Waals surface area (Å²) in [5.41, 5.74) is 2.05. The number of rotatable bonds is 2. The molecule has 2 aromatic carbocycles. The third-order valence-electron chi connectivity index (χ3n) is 3.36. The third-order valence-corrected chi connectivity index (χ3v) is 3.36. The Balaban J connectivity index is 1.88. The lowest BCUT2D eigenvalue weighted by Crippen LogP contribution is -1.92. The molecule has 0 saturated carbocycles. The fourth-order valence-corrected chi connectivity index (χ4v) is 2.37. The molecule has 2 heterocycles. The van der Waals surface area contributed by atoms with Gasteiger partial charge in [-0.1, -0.05) is 12.1 Å². The van der Waals surface area contributed by atoms with E-state index < -0.39 is 0 Å². The van der Waals surface area contributed by atoms with E-state index in [1.807, 2.05) is 36.4 Å². The Morgan fingerprint density at radius 2 is 1.90 bits per heavy atom. The van der Waals surface area contributed by atoms with E-state index in [1.54, 1.807) is 6.07 Å². The summed E-state index contributed by atoms with van der Waals surface area (Å²) < 4.78 is 16.5. The van der Waals surface area contributed by atoms with Gasteiger partial charge in [0.15, 0.2) is 17.8 Å². The number of para-hydroxylation sites is 1. The SMILES string of the molecule is O=Cc1cccc2cc(-c3ccc4c(c3)OCO4)oc12. The van der Waals surface area contributed by atoms with Gasteiger partial charge in [0.25, 0.3) is 0 Å². The van der Waals surface area contributed by atoms with Gasteiger partial charge in [-0.15, -0.1) is 0 Å². The van der Waals surface area contributed by atoms with E-state index in [-0.39, 0.29) is 6.79 Å². The maximum absolute atomic E-state index is 11.0. The fraction of sp³-hybridized carbons (Fsp3) is 0.0625. The Morgan fingerprint density at radius 3 is 2.80 bits per heavy atom. The average molecular weight is 266 g/mol. The van der Waals surface area contributed by atoms with Gasteiger partial charge in [0.2, 0.25) is 6.79 Å². The highest BCUT2D eigenvalue weighted by atomic mass is 16.7. The van der Waals surface area contributed by atoms with Crippen molar-refractivity contribution in [1.29, 1.82) is 0 Å². The second-order valence-electron chi connectivity index (χ2n) is 4.56. The second kappa shape index (κ2) is 4.13. The highest BCUT2D eigenvalue weighted by Crippen LogP contribution is 2.37. The molecule has 1 aliphatic rings. The molecule has 0 unspecified atom stereocenters. The summed E-state index contributed by atoms with van der Waals surface area (Å²) in [6.45, 7) is 0.244. The molecular formula is C16H10O4. The molecule has 3 aromatic rings. The number of aldehydes is 1. The molecule has 0 bridgehead atoms. The van der Waals surface area contributed by atoms with Gasteiger partial charge in [0.05, 0.1) is 5.56 Å². The van der Waals surface area contributed by atoms with Crippen LogP contribution in [0.2, 0.25) is 0 Å². The van der Waals surface area contributed by atoms with Gasteiger partial charge in [-0.2, -0.15) is 0 Å². The summed E-state index contributed by atoms with van der Waals surface area (Å²) in [6, 6.07) is 13.0. The Labute approximate surface area is 114 Å². The molecular weight excluding hydrogens is 256 g/mol. The van der Waals surface area contributed by atoms with Crippen LogP contribution in [0.3, 0.4) is 0 Å². The molecule has 0 aliphatic carbocycles. The molecule has 0 N–H and O–H groups in total. The molecule has 1 aliphatic heterocycles. The summed E-state index contributed by atoms with van der Waals surface area (Å²) in [4.78, 5) is 11.0. The van der Waals surface area contributed by atoms with Crippen molar-refractivity contribution in [1.82, 2.24) is 0 Å². The number of carbonyl (C=O) groups excluding carboxylic acids is 1. The number of ether oxygens (including phenoxy) is 2. The molecule has 20 heavy (non-hydrogen) atoms. The number of hydrogen-bond donors (Lipinski definition) is 0. The Kier molecular flexibility index (Phi) is 2.29. The lowest BCUT2D eigenvalue weighted by atomic mass is 10.1. The van der Waals surface area contributed by atoms with E-state index in [0.717, 1.165) is 23.0 Å². The number of benzene rings is 2. The lowest BCUT2D eigenvalue weighted by Gasteiger charge is -1.99. The molecule has 0 saturated heterocycles. The summed E-state index contributed by atoms with van der Waals surface area (Å²) in [5.74, 6) is 2.14. The first kappa shape index (κ1) is 11.1. The van der Waals surface area contributed by atoms with Crippen LogP contribution in [0.5, 0.6) is 11.5 Å². The average Bonchev–Trinajstić information content (AvgIpc) is 3.11. The highest BCUT2D eigenvalue weighted by Gasteiger charge is 2.16. The smallest absolute Gasteiger partial charge is 0.231 e. The van der Waals surface area contributed by atoms with E-state index in [0.29, 0.717) is 22.7 Å². The lowest BCUT2D eigenvalue weighted by molar-refractivity contribution is 0.112. The van der Waals surface area contributed by atoms with Crippen molar-refractivity contribution in [2.45, 2.75) is 0 Å². The zero-order chi connectivity index (χ0) is 13.5. The van der Waals surface area contributed by atoms with Crippen molar-refractivity contribution < 1.29 is 18.7 Å². The number of carbonyl (C=O) groups is 1. The first-order chi connectivity index (χ1) is 9.85. The van der Waals surface area contributed by atoms with Gasteiger partial charge in [0.1, 0.15) is 11.3 Å². The molecule has 0 radical (unpaired) electrons. The maximum Gasteiger partial charge on any atom is 0.231 e. The molecule has 4 heteroatoms. The first-order valence-electron chi connectivity index (χ1n) is 6.23. The quantitative estimate of drug-likeness (QED) is 0.664. The fourth-order valence-electron chi connectivity index (χ4n) is 2.37. The minimum Gasteiger partial charge on any atom is -0.455 e. The molecule has 98 valence electrons. The van der Waals surface area contributed by atoms with Crippen LogP contribution in [0.4, 0.5) is 0 Å². The molecule has 1 aromatic heterocycles. The van der Waals surface area contributed by atoms with Crippen molar-refractivity contribution >= 4 is 17.3 Å². The molecule has 4 nitrogen and oxygen atoms in total. The van der Waals surface area contributed by atoms with Gasteiger partial charge >= 0.3 is 0 Å². The Morgan fingerprint density at radius 1 is 1.00 bits per heavy atom. The summed E-state index contributed by atoms with van der Waals surface area (Å²) in [7, 11) is 0. The van der Waals surface area contributed by atoms with Gasteiger partial charge in [-0.05, 0) is 30.3 Å². The minimum atomic E-state index is 0.244. The standard InChI is InChI=1S/C16H10O4/c17-8-12-3-1-2-11-7-14(20-16(11)12)10-4-5-13-15(6-10)19-9-18-13/h1-8H,9H2. The normalized spacial score (nSPS) is 12.8. The minimum absolute atomic E-state index is 0.244. The van der Waals surface area contributed by atoms with Crippen LogP contribution in [0, 0.1) is 0 Å². The van der Waals surface area contributed by atoms with Crippen LogP contribution >= 0.6 is 0 Å². The van der Waals surface area contributed by atoms with Crippen molar-refractivity contribution in [3.05, 3.63) is 48.0 Å². The molecule has 4 rings (SSSR count). The summed E-state index contributed by atoms with van der Waals surface area (Å²) >= 11 is 0. The molecule has 0 fully saturated rings. The van der Waals surface area contributed by atoms with Crippen LogP contribution in [0.15, 0.2) is 46.9 Å². The van der Waals surface area contributed by atoms with Gasteiger partial charge in [-0.25, -0.2) is 0 Å². The van der Waals surface area contributed by atoms with Gasteiger partial charge < -0.3 is 13.9 Å². The van der Waals surface area contributed by atoms with Gasteiger partial charge in [0, 0.05) is 10.9 Å². The van der Waals surface area contributed by atoms with Crippen molar-refractivity contribution in [2.75, 3.05) is 6.79 Å². The van der Waals surface area contributed by atoms with Crippen LogP contribution < -0.4 is 9.47 Å². The zero-order valence-corrected chi connectivity index (χ0v) is 10.5. The van der Waals surface area contributed by atoms with E-state index in [1.165, 1.54) is 0 Å². The van der Waals surface area contributed by atoms with Crippen LogP contribution in [-0.2, 0) is 0 Å². The zero-order valence-electron chi connectivity index (χ0n) is 10.5. The molecule has 0 spiro atoms. The number of hydrogen-bond acceptors (Lipinski definition) is 4. The molecule has 0 amide bonds. The maximum atomic E-state index is 11.0. The van der Waals surface area contributed by atoms with E-state index in [9.17, 15) is 4.79 Å². The summed E-state index contributed by atoms with van der Waals surface area (Å²) in [5, 5.41) is 0.905. The first-order valence-corrected chi connectivity index (χ1v) is 6.23. The largest absolute Gasteiger partial charge is 0.455 e. The summed E-state index contributed by atoms with van der Waals surface area (Å²) in [6.07, 6.45) is 0.801. The van der Waals surface area contributed by atoms with Crippen molar-refractivity contribution in [3.8, 4) is 22.8 Å². The van der Waals surface area contributed by atoms with E-state index in [2.05, 4.69) is 0 Å². The van der Waals surface area contributed by atoms with Gasteiger partial charge in [-0.3, -0.25) is 4.79 Å². The predicted molar refractivity (Wildman–Crippen MR) is 73.2 cm³/mol.